The van der Waals surface area contributed by atoms with Gasteiger partial charge in [-0.3, -0.25) is 9.59 Å². The summed E-state index contributed by atoms with van der Waals surface area (Å²) < 4.78 is 27.6. The number of benzene rings is 3. The van der Waals surface area contributed by atoms with E-state index >= 15 is 4.39 Å². The van der Waals surface area contributed by atoms with Crippen molar-refractivity contribution in [3.63, 3.8) is 0 Å². The topological polar surface area (TPSA) is 128 Å². The molecule has 0 saturated carbocycles. The molecule has 6 aromatic rings. The van der Waals surface area contributed by atoms with Crippen molar-refractivity contribution >= 4 is 39.5 Å². The Morgan fingerprint density at radius 1 is 1.02 bits per heavy atom. The maximum atomic E-state index is 15.3. The third-order valence-corrected chi connectivity index (χ3v) is 7.26. The lowest BCUT2D eigenvalue weighted by atomic mass is 10.0. The summed E-state index contributed by atoms with van der Waals surface area (Å²) in [6.45, 7) is 1.63. The van der Waals surface area contributed by atoms with Crippen molar-refractivity contribution in [3.05, 3.63) is 112 Å². The number of aromatic amines is 1. The van der Waals surface area contributed by atoms with Crippen LogP contribution in [0.15, 0.2) is 84.0 Å². The number of anilines is 1. The standard InChI is InChI=1S/C32H24FN5O5/c1-17-26(28(39)21-13-19(32(41)42-3)9-11-24(21)38(17)2)30(40)37-20-10-12-25(23(33)14-20)43-31-27-22(18-7-5-4-6-8-18)15-34-29(27)35-16-36-31/h4-16H,1-3H3,(H,37,40)(H,34,35,36). The molecule has 3 aromatic heterocycles. The predicted octanol–water partition coefficient (Wildman–Crippen LogP) is 5.76. The zero-order valence-corrected chi connectivity index (χ0v) is 23.3. The van der Waals surface area contributed by atoms with Crippen LogP contribution in [0.1, 0.15) is 26.4 Å². The monoisotopic (exact) mass is 577 g/mol. The highest BCUT2D eigenvalue weighted by atomic mass is 19.1. The van der Waals surface area contributed by atoms with E-state index in [4.69, 9.17) is 9.47 Å². The summed E-state index contributed by atoms with van der Waals surface area (Å²) in [4.78, 5) is 50.3. The molecule has 0 fully saturated rings. The van der Waals surface area contributed by atoms with Gasteiger partial charge in [0.1, 0.15) is 17.5 Å². The van der Waals surface area contributed by atoms with Gasteiger partial charge in [0.2, 0.25) is 11.3 Å². The highest BCUT2D eigenvalue weighted by Gasteiger charge is 2.21. The third kappa shape index (κ3) is 4.86. The fourth-order valence-corrected chi connectivity index (χ4v) is 4.99. The molecule has 43 heavy (non-hydrogen) atoms. The van der Waals surface area contributed by atoms with Gasteiger partial charge in [-0.15, -0.1) is 0 Å². The van der Waals surface area contributed by atoms with E-state index in [2.05, 4.69) is 20.3 Å². The molecular weight excluding hydrogens is 553 g/mol. The average molecular weight is 578 g/mol. The van der Waals surface area contributed by atoms with Gasteiger partial charge >= 0.3 is 5.97 Å². The van der Waals surface area contributed by atoms with Gasteiger partial charge in [0, 0.05) is 41.6 Å². The quantitative estimate of drug-likeness (QED) is 0.241. The Morgan fingerprint density at radius 2 is 1.81 bits per heavy atom. The van der Waals surface area contributed by atoms with Gasteiger partial charge < -0.3 is 24.3 Å². The normalized spacial score (nSPS) is 11.1. The molecule has 3 heterocycles. The van der Waals surface area contributed by atoms with Gasteiger partial charge in [0.15, 0.2) is 11.6 Å². The van der Waals surface area contributed by atoms with Gasteiger partial charge in [0.05, 0.1) is 23.6 Å². The minimum absolute atomic E-state index is 0.110. The lowest BCUT2D eigenvalue weighted by molar-refractivity contribution is 0.0600. The zero-order valence-electron chi connectivity index (χ0n) is 23.3. The largest absolute Gasteiger partial charge is 0.465 e. The molecule has 0 aliphatic carbocycles. The van der Waals surface area contributed by atoms with Crippen molar-refractivity contribution in [2.75, 3.05) is 12.4 Å². The number of fused-ring (bicyclic) bond motifs is 2. The van der Waals surface area contributed by atoms with Crippen LogP contribution in [0.4, 0.5) is 10.1 Å². The molecule has 0 aliphatic rings. The molecule has 0 atom stereocenters. The predicted molar refractivity (Wildman–Crippen MR) is 159 cm³/mol. The van der Waals surface area contributed by atoms with E-state index in [1.807, 2.05) is 30.3 Å². The first-order chi connectivity index (χ1) is 20.8. The van der Waals surface area contributed by atoms with Crippen LogP contribution in [0.3, 0.4) is 0 Å². The highest BCUT2D eigenvalue weighted by molar-refractivity contribution is 6.07. The van der Waals surface area contributed by atoms with E-state index in [1.165, 1.54) is 31.6 Å². The highest BCUT2D eigenvalue weighted by Crippen LogP contribution is 2.36. The number of ether oxygens (including phenoxy) is 2. The van der Waals surface area contributed by atoms with Crippen molar-refractivity contribution in [2.24, 2.45) is 7.05 Å². The van der Waals surface area contributed by atoms with E-state index in [-0.39, 0.29) is 33.8 Å². The average Bonchev–Trinajstić information content (AvgIpc) is 3.46. The van der Waals surface area contributed by atoms with Crippen LogP contribution in [-0.2, 0) is 11.8 Å². The number of carbonyl (C=O) groups excluding carboxylic acids is 2. The van der Waals surface area contributed by atoms with Crippen LogP contribution in [0.5, 0.6) is 11.6 Å². The Hall–Kier alpha value is -5.84. The number of halogens is 1. The molecule has 0 unspecified atom stereocenters. The number of H-pyrrole nitrogens is 1. The Balaban J connectivity index is 1.30. The lowest BCUT2D eigenvalue weighted by Crippen LogP contribution is -2.26. The van der Waals surface area contributed by atoms with Crippen molar-refractivity contribution in [3.8, 4) is 22.8 Å². The Bertz CT molecular complexity index is 2120. The number of aromatic nitrogens is 4. The summed E-state index contributed by atoms with van der Waals surface area (Å²) >= 11 is 0. The van der Waals surface area contributed by atoms with E-state index < -0.39 is 23.1 Å². The summed E-state index contributed by atoms with van der Waals surface area (Å²) in [7, 11) is 2.94. The van der Waals surface area contributed by atoms with Crippen molar-refractivity contribution < 1.29 is 23.5 Å². The number of rotatable bonds is 6. The SMILES string of the molecule is COC(=O)c1ccc2c(c1)c(=O)c(C(=O)Nc1ccc(Oc3ncnc4[nH]cc(-c5ccccc5)c34)c(F)c1)c(C)n2C. The summed E-state index contributed by atoms with van der Waals surface area (Å²) in [6, 6.07) is 18.0. The van der Waals surface area contributed by atoms with Crippen molar-refractivity contribution in [2.45, 2.75) is 6.92 Å². The number of hydrogen-bond acceptors (Lipinski definition) is 7. The molecule has 6 rings (SSSR count). The van der Waals surface area contributed by atoms with Crippen molar-refractivity contribution in [1.29, 1.82) is 0 Å². The number of carbonyl (C=O) groups is 2. The van der Waals surface area contributed by atoms with E-state index in [9.17, 15) is 14.4 Å². The molecule has 0 aliphatic heterocycles. The molecule has 214 valence electrons. The summed E-state index contributed by atoms with van der Waals surface area (Å²) in [5.74, 6) is -2.06. The number of nitrogens with one attached hydrogen (secondary N) is 2. The summed E-state index contributed by atoms with van der Waals surface area (Å²) in [5.41, 5.74) is 2.75. The Labute approximate surface area is 243 Å². The van der Waals surface area contributed by atoms with Gasteiger partial charge in [-0.05, 0) is 42.8 Å². The first kappa shape index (κ1) is 27.3. The molecule has 0 bridgehead atoms. The molecule has 3 aromatic carbocycles. The maximum Gasteiger partial charge on any atom is 0.337 e. The summed E-state index contributed by atoms with van der Waals surface area (Å²) in [6.07, 6.45) is 3.10. The third-order valence-electron chi connectivity index (χ3n) is 7.26. The maximum absolute atomic E-state index is 15.3. The zero-order chi connectivity index (χ0) is 30.2. The number of aryl methyl sites for hydroxylation is 1. The fraction of sp³-hybridized carbons (Fsp3) is 0.0938. The van der Waals surface area contributed by atoms with Gasteiger partial charge in [-0.25, -0.2) is 19.2 Å². The molecule has 11 heteroatoms. The van der Waals surface area contributed by atoms with E-state index in [0.29, 0.717) is 22.2 Å². The smallest absolute Gasteiger partial charge is 0.337 e. The molecule has 0 saturated heterocycles. The second kappa shape index (κ2) is 10.9. The molecular formula is C32H24FN5O5. The number of pyridine rings is 1. The molecule has 0 radical (unpaired) electrons. The molecule has 2 N–H and O–H groups in total. The lowest BCUT2D eigenvalue weighted by Gasteiger charge is -2.15. The van der Waals surface area contributed by atoms with Crippen LogP contribution in [0, 0.1) is 12.7 Å². The number of esters is 1. The van der Waals surface area contributed by atoms with Crippen LogP contribution >= 0.6 is 0 Å². The van der Waals surface area contributed by atoms with Gasteiger partial charge in [-0.2, -0.15) is 0 Å². The first-order valence-corrected chi connectivity index (χ1v) is 13.1. The molecule has 0 spiro atoms. The van der Waals surface area contributed by atoms with E-state index in [0.717, 1.165) is 17.2 Å². The molecule has 1 amide bonds. The summed E-state index contributed by atoms with van der Waals surface area (Å²) in [5, 5.41) is 3.36. The van der Waals surface area contributed by atoms with Gasteiger partial charge in [-0.1, -0.05) is 30.3 Å². The minimum Gasteiger partial charge on any atom is -0.465 e. The minimum atomic E-state index is -0.757. The fourth-order valence-electron chi connectivity index (χ4n) is 4.99. The Kier molecular flexibility index (Phi) is 6.90. The van der Waals surface area contributed by atoms with Crippen LogP contribution in [0.2, 0.25) is 0 Å². The molecule has 10 nitrogen and oxygen atoms in total. The van der Waals surface area contributed by atoms with Crippen LogP contribution in [-0.4, -0.2) is 38.5 Å². The van der Waals surface area contributed by atoms with Crippen LogP contribution in [0.25, 0.3) is 33.1 Å². The van der Waals surface area contributed by atoms with E-state index in [1.54, 1.807) is 36.9 Å². The van der Waals surface area contributed by atoms with Crippen LogP contribution < -0.4 is 15.5 Å². The van der Waals surface area contributed by atoms with Crippen molar-refractivity contribution in [1.82, 2.24) is 19.5 Å². The second-order valence-electron chi connectivity index (χ2n) is 9.74. The number of hydrogen-bond donors (Lipinski definition) is 2. The number of amides is 1. The number of methoxy groups -OCH3 is 1. The Morgan fingerprint density at radius 3 is 2.56 bits per heavy atom. The first-order valence-electron chi connectivity index (χ1n) is 13.1. The second-order valence-corrected chi connectivity index (χ2v) is 9.74. The van der Waals surface area contributed by atoms with Gasteiger partial charge in [0.25, 0.3) is 5.91 Å². The number of nitrogens with zero attached hydrogens (tertiary/aromatic N) is 3.